The van der Waals surface area contributed by atoms with Crippen LogP contribution in [-0.4, -0.2) is 0 Å². The van der Waals surface area contributed by atoms with Gasteiger partial charge in [-0.25, -0.2) is 0 Å². The Kier molecular flexibility index (Phi) is 8.82. The molecule has 1 atom stereocenters. The first-order valence-electron chi connectivity index (χ1n) is 20.8. The molecule has 11 rings (SSSR count). The van der Waals surface area contributed by atoms with Gasteiger partial charge in [0, 0.05) is 28.4 Å². The highest BCUT2D eigenvalue weighted by Gasteiger charge is 2.38. The fourth-order valence-electron chi connectivity index (χ4n) is 9.20. The Hall–Kier alpha value is -7.68. The zero-order chi connectivity index (χ0) is 39.9. The summed E-state index contributed by atoms with van der Waals surface area (Å²) in [5, 5.41) is 9.82. The molecule has 10 aromatic carbocycles. The van der Waals surface area contributed by atoms with Crippen LogP contribution >= 0.6 is 0 Å². The number of hydrogen-bond acceptors (Lipinski definition) is 2. The molecule has 10 aromatic rings. The second kappa shape index (κ2) is 14.9. The molecule has 1 aliphatic carbocycles. The van der Waals surface area contributed by atoms with Crippen molar-refractivity contribution in [2.45, 2.75) is 12.0 Å². The molecule has 1 aliphatic rings. The molecule has 0 fully saturated rings. The number of rotatable bonds is 8. The van der Waals surface area contributed by atoms with E-state index in [1.54, 1.807) is 0 Å². The monoisotopic (exact) mass is 766 g/mol. The highest BCUT2D eigenvalue weighted by molar-refractivity contribution is 5.94. The van der Waals surface area contributed by atoms with Crippen molar-refractivity contribution in [3.8, 4) is 0 Å². The molecule has 0 radical (unpaired) electrons. The molecular formula is C58H42N2. The van der Waals surface area contributed by atoms with Crippen LogP contribution < -0.4 is 9.80 Å². The van der Waals surface area contributed by atoms with E-state index in [9.17, 15) is 0 Å². The van der Waals surface area contributed by atoms with Gasteiger partial charge in [-0.15, -0.1) is 0 Å². The van der Waals surface area contributed by atoms with E-state index in [-0.39, 0.29) is 0 Å². The lowest BCUT2D eigenvalue weighted by Crippen LogP contribution is -2.42. The Morgan fingerprint density at radius 3 is 1.15 bits per heavy atom. The molecule has 0 saturated carbocycles. The quantitative estimate of drug-likeness (QED) is 0.152. The number of hydrogen-bond donors (Lipinski definition) is 0. The normalized spacial score (nSPS) is 15.0. The zero-order valence-corrected chi connectivity index (χ0v) is 33.2. The molecule has 0 heterocycles. The van der Waals surface area contributed by atoms with Crippen LogP contribution in [0.15, 0.2) is 243 Å². The van der Waals surface area contributed by atoms with Crippen molar-refractivity contribution in [3.05, 3.63) is 254 Å². The van der Waals surface area contributed by atoms with E-state index in [0.717, 1.165) is 34.9 Å². The van der Waals surface area contributed by atoms with Gasteiger partial charge in [0.15, 0.2) is 0 Å². The first-order valence-corrected chi connectivity index (χ1v) is 20.8. The Balaban J connectivity index is 0.999. The van der Waals surface area contributed by atoms with Crippen LogP contribution in [0.4, 0.5) is 28.4 Å². The molecule has 0 spiro atoms. The summed E-state index contributed by atoms with van der Waals surface area (Å²) in [5.74, 6) is 0. The van der Waals surface area contributed by atoms with E-state index in [4.69, 9.17) is 0 Å². The van der Waals surface area contributed by atoms with E-state index in [0.29, 0.717) is 0 Å². The molecule has 0 bridgehead atoms. The fraction of sp³-hybridized carbons (Fsp3) is 0.0345. The first-order chi connectivity index (χ1) is 29.7. The maximum atomic E-state index is 2.55. The van der Waals surface area contributed by atoms with Crippen molar-refractivity contribution >= 4 is 77.1 Å². The van der Waals surface area contributed by atoms with Crippen molar-refractivity contribution in [3.63, 3.8) is 0 Å². The van der Waals surface area contributed by atoms with Crippen LogP contribution in [0.5, 0.6) is 0 Å². The van der Waals surface area contributed by atoms with Gasteiger partial charge in [0.1, 0.15) is 0 Å². The van der Waals surface area contributed by atoms with Crippen LogP contribution in [0.25, 0.3) is 48.7 Å². The second-order valence-electron chi connectivity index (χ2n) is 15.8. The molecule has 0 aromatic heterocycles. The van der Waals surface area contributed by atoms with Crippen molar-refractivity contribution in [2.75, 3.05) is 9.80 Å². The van der Waals surface area contributed by atoms with Gasteiger partial charge in [0.05, 0.1) is 5.54 Å². The van der Waals surface area contributed by atoms with Crippen molar-refractivity contribution in [2.24, 2.45) is 0 Å². The third kappa shape index (κ3) is 6.40. The Morgan fingerprint density at radius 1 is 0.333 bits per heavy atom. The van der Waals surface area contributed by atoms with Crippen LogP contribution in [0.2, 0.25) is 0 Å². The van der Waals surface area contributed by atoms with E-state index >= 15 is 0 Å². The van der Waals surface area contributed by atoms with E-state index < -0.39 is 5.54 Å². The first kappa shape index (κ1) is 35.5. The minimum absolute atomic E-state index is 0.488. The lowest BCUT2D eigenvalue weighted by molar-refractivity contribution is 0.548. The third-order valence-electron chi connectivity index (χ3n) is 12.3. The molecule has 0 aliphatic heterocycles. The zero-order valence-electron chi connectivity index (χ0n) is 33.2. The fourth-order valence-corrected chi connectivity index (χ4v) is 9.20. The molecule has 60 heavy (non-hydrogen) atoms. The van der Waals surface area contributed by atoms with E-state index in [1.807, 2.05) is 0 Å². The maximum Gasteiger partial charge on any atom is 0.0923 e. The summed E-state index contributed by atoms with van der Waals surface area (Å²) in [7, 11) is 0. The molecule has 2 heteroatoms. The number of fused-ring (bicyclic) bond motifs is 4. The molecule has 0 N–H and O–H groups in total. The predicted octanol–water partition coefficient (Wildman–Crippen LogP) is 15.8. The summed E-state index contributed by atoms with van der Waals surface area (Å²) in [6.45, 7) is 0. The number of nitrogens with zero attached hydrogens (tertiary/aromatic N) is 2. The predicted molar refractivity (Wildman–Crippen MR) is 256 cm³/mol. The lowest BCUT2D eigenvalue weighted by atomic mass is 9.78. The van der Waals surface area contributed by atoms with Crippen LogP contribution in [-0.2, 0) is 5.54 Å². The average molecular weight is 767 g/mol. The SMILES string of the molecule is C1=CC(c2ccccc2)(N(c2ccc3ccccc3c2)c2ccc3ccccc3c2)CC=C1c1ccc(N(c2ccc3ccccc3c2)c2ccc3ccccc3c2)cc1. The standard InChI is InChI=1S/C58H42N2/c1-2-20-52(21-3-1)58(60(56-32-26-44-14-6-10-18-50(44)40-56)57-33-27-45-15-7-11-19-51(45)41-57)36-34-47(35-37-58)46-22-28-53(29-23-46)59(54-30-24-42-12-4-8-16-48(42)38-54)55-31-25-43-13-5-9-17-49(43)39-55/h1-36,38-41H,37H2. The molecule has 0 saturated heterocycles. The van der Waals surface area contributed by atoms with Gasteiger partial charge in [-0.05, 0) is 127 Å². The Bertz CT molecular complexity index is 3090. The highest BCUT2D eigenvalue weighted by Crippen LogP contribution is 2.48. The smallest absolute Gasteiger partial charge is 0.0923 e. The largest absolute Gasteiger partial charge is 0.327 e. The molecule has 0 amide bonds. The van der Waals surface area contributed by atoms with Gasteiger partial charge in [-0.2, -0.15) is 0 Å². The lowest BCUT2D eigenvalue weighted by Gasteiger charge is -2.45. The van der Waals surface area contributed by atoms with Crippen LogP contribution in [0, 0.1) is 0 Å². The van der Waals surface area contributed by atoms with Crippen LogP contribution in [0.3, 0.4) is 0 Å². The van der Waals surface area contributed by atoms with E-state index in [1.165, 1.54) is 59.8 Å². The topological polar surface area (TPSA) is 6.48 Å². The minimum Gasteiger partial charge on any atom is -0.327 e. The summed E-state index contributed by atoms with van der Waals surface area (Å²) in [6.07, 6.45) is 7.99. The third-order valence-corrected chi connectivity index (χ3v) is 12.3. The Labute approximate surface area is 351 Å². The highest BCUT2D eigenvalue weighted by atomic mass is 15.2. The molecule has 2 nitrogen and oxygen atoms in total. The van der Waals surface area contributed by atoms with Crippen molar-refractivity contribution in [1.82, 2.24) is 0 Å². The van der Waals surface area contributed by atoms with Crippen LogP contribution in [0.1, 0.15) is 17.5 Å². The summed E-state index contributed by atoms with van der Waals surface area (Å²) in [5.41, 5.74) is 8.84. The minimum atomic E-state index is -0.488. The number of allylic oxidation sites excluding steroid dienone is 2. The van der Waals surface area contributed by atoms with Gasteiger partial charge in [0.2, 0.25) is 0 Å². The van der Waals surface area contributed by atoms with E-state index in [2.05, 4.69) is 252 Å². The Morgan fingerprint density at radius 2 is 0.717 bits per heavy atom. The van der Waals surface area contributed by atoms with Gasteiger partial charge >= 0.3 is 0 Å². The number of benzene rings is 10. The summed E-state index contributed by atoms with van der Waals surface area (Å²) in [4.78, 5) is 4.93. The maximum absolute atomic E-state index is 2.55. The van der Waals surface area contributed by atoms with Crippen molar-refractivity contribution in [1.29, 1.82) is 0 Å². The molecular weight excluding hydrogens is 725 g/mol. The van der Waals surface area contributed by atoms with Gasteiger partial charge in [-0.1, -0.05) is 182 Å². The summed E-state index contributed by atoms with van der Waals surface area (Å²) >= 11 is 0. The summed E-state index contributed by atoms with van der Waals surface area (Å²) in [6, 6.07) is 81.8. The molecule has 1 unspecified atom stereocenters. The second-order valence-corrected chi connectivity index (χ2v) is 15.8. The number of anilines is 5. The average Bonchev–Trinajstić information content (AvgIpc) is 3.32. The van der Waals surface area contributed by atoms with Crippen molar-refractivity contribution < 1.29 is 0 Å². The molecule has 284 valence electrons. The van der Waals surface area contributed by atoms with Gasteiger partial charge in [-0.3, -0.25) is 0 Å². The van der Waals surface area contributed by atoms with Gasteiger partial charge in [0.25, 0.3) is 0 Å². The van der Waals surface area contributed by atoms with Gasteiger partial charge < -0.3 is 9.80 Å². The summed E-state index contributed by atoms with van der Waals surface area (Å²) < 4.78 is 0.